The maximum absolute atomic E-state index is 12.4. The maximum Gasteiger partial charge on any atom is 0.234 e. The van der Waals surface area contributed by atoms with Crippen LogP contribution in [0.15, 0.2) is 59.1 Å². The van der Waals surface area contributed by atoms with Gasteiger partial charge in [-0.05, 0) is 55.5 Å². The van der Waals surface area contributed by atoms with Crippen LogP contribution in [-0.4, -0.2) is 28.5 Å². The zero-order valence-electron chi connectivity index (χ0n) is 15.2. The van der Waals surface area contributed by atoms with E-state index in [1.807, 2.05) is 36.4 Å². The van der Waals surface area contributed by atoms with Crippen LogP contribution in [0.2, 0.25) is 5.02 Å². The van der Waals surface area contributed by atoms with Crippen molar-refractivity contribution < 1.29 is 9.21 Å². The molecule has 2 aromatic heterocycles. The van der Waals surface area contributed by atoms with Gasteiger partial charge in [0.2, 0.25) is 5.91 Å². The van der Waals surface area contributed by atoms with E-state index in [0.717, 1.165) is 30.2 Å². The molecule has 0 saturated heterocycles. The highest BCUT2D eigenvalue weighted by molar-refractivity contribution is 6.30. The SMILES string of the molecule is C[C@@H]1c2cccn2CCN1CC(=O)NCc1ccc(-c2ccc(Cl)cc2)o1. The van der Waals surface area contributed by atoms with Gasteiger partial charge in [-0.1, -0.05) is 11.6 Å². The summed E-state index contributed by atoms with van der Waals surface area (Å²) in [7, 11) is 0. The van der Waals surface area contributed by atoms with Crippen molar-refractivity contribution in [2.24, 2.45) is 0 Å². The van der Waals surface area contributed by atoms with Crippen LogP contribution in [0.5, 0.6) is 0 Å². The van der Waals surface area contributed by atoms with Crippen LogP contribution >= 0.6 is 11.6 Å². The second kappa shape index (κ2) is 7.62. The summed E-state index contributed by atoms with van der Waals surface area (Å²) in [6.45, 7) is 4.70. The van der Waals surface area contributed by atoms with E-state index in [4.69, 9.17) is 16.0 Å². The fraction of sp³-hybridized carbons (Fsp3) is 0.286. The molecule has 0 bridgehead atoms. The Balaban J connectivity index is 1.32. The minimum Gasteiger partial charge on any atom is -0.459 e. The van der Waals surface area contributed by atoms with Crippen molar-refractivity contribution in [1.82, 2.24) is 14.8 Å². The molecule has 1 atom stereocenters. The molecule has 6 heteroatoms. The Hall–Kier alpha value is -2.50. The number of nitrogens with one attached hydrogen (secondary N) is 1. The lowest BCUT2D eigenvalue weighted by Crippen LogP contribution is -2.42. The first-order valence-electron chi connectivity index (χ1n) is 9.10. The van der Waals surface area contributed by atoms with Crippen molar-refractivity contribution in [3.8, 4) is 11.3 Å². The Bertz CT molecular complexity index is 929. The van der Waals surface area contributed by atoms with Crippen molar-refractivity contribution in [3.05, 3.63) is 71.2 Å². The zero-order valence-corrected chi connectivity index (χ0v) is 15.9. The zero-order chi connectivity index (χ0) is 18.8. The highest BCUT2D eigenvalue weighted by atomic mass is 35.5. The molecule has 1 amide bonds. The molecule has 1 aromatic carbocycles. The van der Waals surface area contributed by atoms with Crippen LogP contribution in [0.25, 0.3) is 11.3 Å². The second-order valence-corrected chi connectivity index (χ2v) is 7.26. The largest absolute Gasteiger partial charge is 0.459 e. The summed E-state index contributed by atoms with van der Waals surface area (Å²) in [4.78, 5) is 14.6. The van der Waals surface area contributed by atoms with Gasteiger partial charge < -0.3 is 14.3 Å². The van der Waals surface area contributed by atoms with E-state index < -0.39 is 0 Å². The Kier molecular flexibility index (Phi) is 5.05. The minimum absolute atomic E-state index is 0.00583. The highest BCUT2D eigenvalue weighted by Crippen LogP contribution is 2.25. The lowest BCUT2D eigenvalue weighted by molar-refractivity contribution is -0.123. The molecule has 3 aromatic rings. The molecule has 1 N–H and O–H groups in total. The van der Waals surface area contributed by atoms with Gasteiger partial charge in [0, 0.05) is 41.6 Å². The van der Waals surface area contributed by atoms with Gasteiger partial charge in [-0.3, -0.25) is 9.69 Å². The average molecular weight is 384 g/mol. The molecular formula is C21H22ClN3O2. The quantitative estimate of drug-likeness (QED) is 0.721. The molecule has 0 fully saturated rings. The predicted molar refractivity (Wildman–Crippen MR) is 105 cm³/mol. The van der Waals surface area contributed by atoms with E-state index in [9.17, 15) is 4.79 Å². The number of hydrogen-bond donors (Lipinski definition) is 1. The summed E-state index contributed by atoms with van der Waals surface area (Å²) in [5, 5.41) is 3.65. The summed E-state index contributed by atoms with van der Waals surface area (Å²) in [5.41, 5.74) is 2.22. The summed E-state index contributed by atoms with van der Waals surface area (Å²) < 4.78 is 8.08. The number of fused-ring (bicyclic) bond motifs is 1. The molecule has 5 nitrogen and oxygen atoms in total. The van der Waals surface area contributed by atoms with Gasteiger partial charge >= 0.3 is 0 Å². The van der Waals surface area contributed by atoms with Gasteiger partial charge in [-0.2, -0.15) is 0 Å². The van der Waals surface area contributed by atoms with Crippen molar-refractivity contribution >= 4 is 17.5 Å². The van der Waals surface area contributed by atoms with Gasteiger partial charge in [0.1, 0.15) is 11.5 Å². The lowest BCUT2D eigenvalue weighted by Gasteiger charge is -2.34. The van der Waals surface area contributed by atoms with E-state index in [-0.39, 0.29) is 11.9 Å². The number of amides is 1. The number of furan rings is 1. The first kappa shape index (κ1) is 17.9. The Morgan fingerprint density at radius 2 is 2.00 bits per heavy atom. The lowest BCUT2D eigenvalue weighted by atomic mass is 10.1. The number of benzene rings is 1. The van der Waals surface area contributed by atoms with E-state index in [2.05, 4.69) is 40.0 Å². The molecule has 3 heterocycles. The smallest absolute Gasteiger partial charge is 0.234 e. The minimum atomic E-state index is 0.00583. The first-order valence-corrected chi connectivity index (χ1v) is 9.48. The van der Waals surface area contributed by atoms with Gasteiger partial charge in [-0.25, -0.2) is 0 Å². The third kappa shape index (κ3) is 3.94. The van der Waals surface area contributed by atoms with Gasteiger partial charge in [-0.15, -0.1) is 0 Å². The third-order valence-electron chi connectivity index (χ3n) is 5.07. The normalized spacial score (nSPS) is 16.9. The van der Waals surface area contributed by atoms with E-state index in [1.165, 1.54) is 5.69 Å². The molecule has 4 rings (SSSR count). The van der Waals surface area contributed by atoms with Crippen LogP contribution in [0.4, 0.5) is 0 Å². The Morgan fingerprint density at radius 3 is 2.81 bits per heavy atom. The van der Waals surface area contributed by atoms with Gasteiger partial charge in [0.15, 0.2) is 0 Å². The van der Waals surface area contributed by atoms with E-state index in [0.29, 0.717) is 18.1 Å². The molecule has 0 aliphatic carbocycles. The van der Waals surface area contributed by atoms with Crippen molar-refractivity contribution in [2.45, 2.75) is 26.1 Å². The highest BCUT2D eigenvalue weighted by Gasteiger charge is 2.24. The van der Waals surface area contributed by atoms with Crippen molar-refractivity contribution in [2.75, 3.05) is 13.1 Å². The van der Waals surface area contributed by atoms with Crippen LogP contribution in [-0.2, 0) is 17.9 Å². The number of nitrogens with zero attached hydrogens (tertiary/aromatic N) is 2. The van der Waals surface area contributed by atoms with Crippen LogP contribution in [0, 0.1) is 0 Å². The molecule has 27 heavy (non-hydrogen) atoms. The molecule has 0 spiro atoms. The molecule has 1 aliphatic heterocycles. The Morgan fingerprint density at radius 1 is 1.19 bits per heavy atom. The number of rotatable bonds is 5. The van der Waals surface area contributed by atoms with Crippen LogP contribution < -0.4 is 5.32 Å². The molecule has 0 radical (unpaired) electrons. The number of carbonyl (C=O) groups is 1. The summed E-state index contributed by atoms with van der Waals surface area (Å²) >= 11 is 5.92. The fourth-order valence-corrected chi connectivity index (χ4v) is 3.64. The molecule has 140 valence electrons. The van der Waals surface area contributed by atoms with Crippen LogP contribution in [0.3, 0.4) is 0 Å². The number of halogens is 1. The van der Waals surface area contributed by atoms with Crippen molar-refractivity contribution in [1.29, 1.82) is 0 Å². The first-order chi connectivity index (χ1) is 13.1. The van der Waals surface area contributed by atoms with E-state index in [1.54, 1.807) is 0 Å². The standard InChI is InChI=1S/C21H22ClN3O2/c1-15-19-3-2-10-24(19)11-12-25(15)14-21(26)23-13-18-8-9-20(27-18)16-4-6-17(22)7-5-16/h2-10,15H,11-14H2,1H3,(H,23,26)/t15-/m1/s1. The maximum atomic E-state index is 12.4. The third-order valence-corrected chi connectivity index (χ3v) is 5.32. The van der Waals surface area contributed by atoms with Crippen molar-refractivity contribution in [3.63, 3.8) is 0 Å². The molecular weight excluding hydrogens is 362 g/mol. The molecule has 1 aliphatic rings. The number of carbonyl (C=O) groups excluding carboxylic acids is 1. The van der Waals surface area contributed by atoms with Gasteiger partial charge in [0.25, 0.3) is 0 Å². The summed E-state index contributed by atoms with van der Waals surface area (Å²) in [6.07, 6.45) is 2.10. The average Bonchev–Trinajstić information content (AvgIpc) is 3.33. The number of hydrogen-bond acceptors (Lipinski definition) is 3. The Labute approximate surface area is 163 Å². The summed E-state index contributed by atoms with van der Waals surface area (Å²) in [5.74, 6) is 1.50. The predicted octanol–water partition coefficient (Wildman–Crippen LogP) is 4.09. The second-order valence-electron chi connectivity index (χ2n) is 6.82. The van der Waals surface area contributed by atoms with Gasteiger partial charge in [0.05, 0.1) is 13.1 Å². The molecule has 0 saturated carbocycles. The topological polar surface area (TPSA) is 50.4 Å². The monoisotopic (exact) mass is 383 g/mol. The fourth-order valence-electron chi connectivity index (χ4n) is 3.51. The number of aromatic nitrogens is 1. The van der Waals surface area contributed by atoms with Crippen LogP contribution in [0.1, 0.15) is 24.4 Å². The molecule has 0 unspecified atom stereocenters. The van der Waals surface area contributed by atoms with E-state index >= 15 is 0 Å². The summed E-state index contributed by atoms with van der Waals surface area (Å²) in [6, 6.07) is 15.7.